The minimum Gasteiger partial charge on any atom is -0.487 e. The number of amides is 1. The van der Waals surface area contributed by atoms with E-state index in [9.17, 15) is 4.79 Å². The summed E-state index contributed by atoms with van der Waals surface area (Å²) in [6, 6.07) is 5.32. The maximum absolute atomic E-state index is 12.4. The summed E-state index contributed by atoms with van der Waals surface area (Å²) in [7, 11) is 1.63. The Hall–Kier alpha value is -1.26. The molecule has 1 saturated carbocycles. The lowest BCUT2D eigenvalue weighted by molar-refractivity contribution is -0.124. The Morgan fingerprint density at radius 3 is 2.68 bits per heavy atom. The third kappa shape index (κ3) is 4.14. The van der Waals surface area contributed by atoms with Crippen LogP contribution in [0.3, 0.4) is 0 Å². The van der Waals surface area contributed by atoms with E-state index >= 15 is 0 Å². The van der Waals surface area contributed by atoms with Crippen LogP contribution < -0.4 is 10.1 Å². The Kier molecular flexibility index (Phi) is 5.70. The van der Waals surface area contributed by atoms with E-state index in [1.165, 1.54) is 0 Å². The SMILES string of the molecule is COCC(C)Oc1ccc(NC(=O)C2(C)CCCC2)cc1Cl. The molecule has 0 aliphatic heterocycles. The standard InChI is InChI=1S/C17H24ClNO3/c1-12(11-21-3)22-15-7-6-13(10-14(15)18)19-16(20)17(2)8-4-5-9-17/h6-7,10,12H,4-5,8-9,11H2,1-3H3,(H,19,20). The normalized spacial score (nSPS) is 18.0. The molecular weight excluding hydrogens is 302 g/mol. The fraction of sp³-hybridized carbons (Fsp3) is 0.588. The number of anilines is 1. The number of rotatable bonds is 6. The molecule has 122 valence electrons. The van der Waals surface area contributed by atoms with E-state index < -0.39 is 0 Å². The van der Waals surface area contributed by atoms with Gasteiger partial charge in [-0.05, 0) is 38.0 Å². The Balaban J connectivity index is 2.01. The lowest BCUT2D eigenvalue weighted by Gasteiger charge is -2.22. The molecule has 4 nitrogen and oxygen atoms in total. The number of methoxy groups -OCH3 is 1. The molecule has 5 heteroatoms. The maximum atomic E-state index is 12.4. The van der Waals surface area contributed by atoms with Crippen LogP contribution >= 0.6 is 11.6 Å². The molecule has 1 N–H and O–H groups in total. The second-order valence-electron chi connectivity index (χ2n) is 6.25. The molecule has 1 atom stereocenters. The predicted octanol–water partition coefficient (Wildman–Crippen LogP) is 4.27. The first kappa shape index (κ1) is 17.1. The summed E-state index contributed by atoms with van der Waals surface area (Å²) in [5, 5.41) is 3.45. The minimum atomic E-state index is -0.255. The van der Waals surface area contributed by atoms with Crippen LogP contribution in [-0.2, 0) is 9.53 Å². The van der Waals surface area contributed by atoms with Crippen molar-refractivity contribution < 1.29 is 14.3 Å². The number of carbonyl (C=O) groups excluding carboxylic acids is 1. The van der Waals surface area contributed by atoms with E-state index in [0.29, 0.717) is 23.1 Å². The number of nitrogens with one attached hydrogen (secondary N) is 1. The maximum Gasteiger partial charge on any atom is 0.230 e. The quantitative estimate of drug-likeness (QED) is 0.849. The number of ether oxygens (including phenoxy) is 2. The van der Waals surface area contributed by atoms with Crippen LogP contribution in [0.15, 0.2) is 18.2 Å². The van der Waals surface area contributed by atoms with Crippen LogP contribution in [0.4, 0.5) is 5.69 Å². The molecule has 0 heterocycles. The molecule has 0 radical (unpaired) electrons. The van der Waals surface area contributed by atoms with E-state index in [1.807, 2.05) is 19.9 Å². The molecule has 2 rings (SSSR count). The molecule has 1 aromatic carbocycles. The smallest absolute Gasteiger partial charge is 0.230 e. The molecule has 1 fully saturated rings. The highest BCUT2D eigenvalue weighted by molar-refractivity contribution is 6.32. The number of halogens is 1. The van der Waals surface area contributed by atoms with Crippen molar-refractivity contribution in [3.05, 3.63) is 23.2 Å². The highest BCUT2D eigenvalue weighted by Gasteiger charge is 2.36. The highest BCUT2D eigenvalue weighted by atomic mass is 35.5. The fourth-order valence-corrected chi connectivity index (χ4v) is 3.05. The van der Waals surface area contributed by atoms with Gasteiger partial charge in [0.15, 0.2) is 0 Å². The van der Waals surface area contributed by atoms with Crippen LogP contribution in [0.1, 0.15) is 39.5 Å². The zero-order valence-electron chi connectivity index (χ0n) is 13.4. The zero-order chi connectivity index (χ0) is 16.2. The van der Waals surface area contributed by atoms with E-state index in [2.05, 4.69) is 5.32 Å². The zero-order valence-corrected chi connectivity index (χ0v) is 14.2. The van der Waals surface area contributed by atoms with Crippen molar-refractivity contribution in [2.24, 2.45) is 5.41 Å². The summed E-state index contributed by atoms with van der Waals surface area (Å²) in [4.78, 5) is 12.4. The van der Waals surface area contributed by atoms with Crippen LogP contribution in [0.5, 0.6) is 5.75 Å². The van der Waals surface area contributed by atoms with Crippen molar-refractivity contribution in [2.45, 2.75) is 45.6 Å². The van der Waals surface area contributed by atoms with Gasteiger partial charge in [-0.1, -0.05) is 31.4 Å². The molecule has 1 amide bonds. The van der Waals surface area contributed by atoms with E-state index in [4.69, 9.17) is 21.1 Å². The van der Waals surface area contributed by atoms with Crippen LogP contribution in [-0.4, -0.2) is 25.7 Å². The van der Waals surface area contributed by atoms with Gasteiger partial charge >= 0.3 is 0 Å². The summed E-state index contributed by atoms with van der Waals surface area (Å²) in [5.74, 6) is 0.666. The van der Waals surface area contributed by atoms with Gasteiger partial charge in [-0.3, -0.25) is 4.79 Å². The van der Waals surface area contributed by atoms with Gasteiger partial charge in [-0.2, -0.15) is 0 Å². The summed E-state index contributed by atoms with van der Waals surface area (Å²) in [6.07, 6.45) is 4.05. The summed E-state index contributed by atoms with van der Waals surface area (Å²) < 4.78 is 10.7. The van der Waals surface area contributed by atoms with Crippen molar-refractivity contribution in [3.8, 4) is 5.75 Å². The molecule has 1 unspecified atom stereocenters. The monoisotopic (exact) mass is 325 g/mol. The number of hydrogen-bond acceptors (Lipinski definition) is 3. The highest BCUT2D eigenvalue weighted by Crippen LogP contribution is 2.39. The van der Waals surface area contributed by atoms with E-state index in [-0.39, 0.29) is 17.4 Å². The van der Waals surface area contributed by atoms with Gasteiger partial charge in [0.25, 0.3) is 0 Å². The second-order valence-corrected chi connectivity index (χ2v) is 6.66. The van der Waals surface area contributed by atoms with Gasteiger partial charge in [0, 0.05) is 18.2 Å². The topological polar surface area (TPSA) is 47.6 Å². The molecule has 1 aromatic rings. The van der Waals surface area contributed by atoms with Gasteiger partial charge in [-0.15, -0.1) is 0 Å². The van der Waals surface area contributed by atoms with Gasteiger partial charge in [0.2, 0.25) is 5.91 Å². The lowest BCUT2D eigenvalue weighted by atomic mass is 9.88. The fourth-order valence-electron chi connectivity index (χ4n) is 2.82. The van der Waals surface area contributed by atoms with Crippen molar-refractivity contribution in [1.82, 2.24) is 0 Å². The summed E-state index contributed by atoms with van der Waals surface area (Å²) in [5.41, 5.74) is 0.448. The first-order valence-corrected chi connectivity index (χ1v) is 8.09. The van der Waals surface area contributed by atoms with Crippen LogP contribution in [0, 0.1) is 5.41 Å². The Morgan fingerprint density at radius 1 is 1.41 bits per heavy atom. The molecule has 0 bridgehead atoms. The second kappa shape index (κ2) is 7.34. The van der Waals surface area contributed by atoms with Crippen molar-refractivity contribution in [2.75, 3.05) is 19.0 Å². The van der Waals surface area contributed by atoms with Crippen LogP contribution in [0.2, 0.25) is 5.02 Å². The molecule has 0 aromatic heterocycles. The third-order valence-corrected chi connectivity index (χ3v) is 4.47. The molecule has 1 aliphatic carbocycles. The predicted molar refractivity (Wildman–Crippen MR) is 88.6 cm³/mol. The number of carbonyl (C=O) groups is 1. The molecular formula is C17H24ClNO3. The van der Waals surface area contributed by atoms with E-state index in [0.717, 1.165) is 25.7 Å². The summed E-state index contributed by atoms with van der Waals surface area (Å²) in [6.45, 7) is 4.43. The van der Waals surface area contributed by atoms with Gasteiger partial charge in [0.05, 0.1) is 11.6 Å². The molecule has 22 heavy (non-hydrogen) atoms. The van der Waals surface area contributed by atoms with E-state index in [1.54, 1.807) is 19.2 Å². The Bertz CT molecular complexity index is 527. The molecule has 1 aliphatic rings. The van der Waals surface area contributed by atoms with Crippen molar-refractivity contribution >= 4 is 23.2 Å². The molecule has 0 spiro atoms. The molecule has 0 saturated heterocycles. The number of benzene rings is 1. The largest absolute Gasteiger partial charge is 0.487 e. The first-order chi connectivity index (χ1) is 10.4. The number of hydrogen-bond donors (Lipinski definition) is 1. The Morgan fingerprint density at radius 2 is 2.09 bits per heavy atom. The van der Waals surface area contributed by atoms with Gasteiger partial charge in [0.1, 0.15) is 11.9 Å². The average Bonchev–Trinajstić information content (AvgIpc) is 2.90. The lowest BCUT2D eigenvalue weighted by Crippen LogP contribution is -2.30. The van der Waals surface area contributed by atoms with Gasteiger partial charge < -0.3 is 14.8 Å². The van der Waals surface area contributed by atoms with Crippen molar-refractivity contribution in [3.63, 3.8) is 0 Å². The minimum absolute atomic E-state index is 0.0717. The first-order valence-electron chi connectivity index (χ1n) is 7.71. The average molecular weight is 326 g/mol. The van der Waals surface area contributed by atoms with Gasteiger partial charge in [-0.25, -0.2) is 0 Å². The Labute approximate surface area is 137 Å². The van der Waals surface area contributed by atoms with Crippen LogP contribution in [0.25, 0.3) is 0 Å². The third-order valence-electron chi connectivity index (χ3n) is 4.17. The van der Waals surface area contributed by atoms with Crippen molar-refractivity contribution in [1.29, 1.82) is 0 Å². The summed E-state index contributed by atoms with van der Waals surface area (Å²) >= 11 is 6.23.